The van der Waals surface area contributed by atoms with Crippen molar-refractivity contribution in [1.29, 1.82) is 0 Å². The number of nitrogens with two attached hydrogens (primary N) is 1. The van der Waals surface area contributed by atoms with Crippen LogP contribution in [-0.2, 0) is 9.53 Å². The second-order valence-electron chi connectivity index (χ2n) is 4.57. The van der Waals surface area contributed by atoms with E-state index < -0.39 is 0 Å². The highest BCUT2D eigenvalue weighted by Gasteiger charge is 2.17. The number of carbonyl (C=O) groups is 1. The fourth-order valence-corrected chi connectivity index (χ4v) is 2.48. The molecular formula is C16H17BrN2O2. The Morgan fingerprint density at radius 2 is 2.00 bits per heavy atom. The lowest BCUT2D eigenvalue weighted by atomic mass is 9.97. The predicted molar refractivity (Wildman–Crippen MR) is 86.9 cm³/mol. The highest BCUT2D eigenvalue weighted by Crippen LogP contribution is 2.29. The molecule has 0 unspecified atom stereocenters. The molecule has 0 fully saturated rings. The van der Waals surface area contributed by atoms with E-state index in [0.29, 0.717) is 5.69 Å². The highest BCUT2D eigenvalue weighted by molar-refractivity contribution is 9.10. The number of benzene rings is 2. The van der Waals surface area contributed by atoms with Crippen molar-refractivity contribution in [3.63, 3.8) is 0 Å². The molecular weight excluding hydrogens is 332 g/mol. The molecule has 4 nitrogen and oxygen atoms in total. The van der Waals surface area contributed by atoms with E-state index in [2.05, 4.69) is 26.0 Å². The Morgan fingerprint density at radius 3 is 2.67 bits per heavy atom. The highest BCUT2D eigenvalue weighted by atomic mass is 79.9. The van der Waals surface area contributed by atoms with Gasteiger partial charge in [0.05, 0.1) is 19.7 Å². The number of methoxy groups -OCH3 is 1. The van der Waals surface area contributed by atoms with Gasteiger partial charge < -0.3 is 10.5 Å². The summed E-state index contributed by atoms with van der Waals surface area (Å²) in [5, 5.41) is 3.20. The molecule has 2 rings (SSSR count). The Labute approximate surface area is 132 Å². The van der Waals surface area contributed by atoms with Crippen molar-refractivity contribution < 1.29 is 9.53 Å². The molecule has 21 heavy (non-hydrogen) atoms. The Balaban J connectivity index is 2.35. The second kappa shape index (κ2) is 7.24. The zero-order valence-corrected chi connectivity index (χ0v) is 13.3. The minimum absolute atomic E-state index is 0.113. The average Bonchev–Trinajstić information content (AvgIpc) is 2.51. The van der Waals surface area contributed by atoms with Crippen LogP contribution in [0.25, 0.3) is 0 Å². The first-order valence-electron chi connectivity index (χ1n) is 6.52. The minimum Gasteiger partial charge on any atom is -0.468 e. The molecule has 0 aliphatic rings. The third kappa shape index (κ3) is 4.06. The van der Waals surface area contributed by atoms with Crippen LogP contribution in [0.4, 0.5) is 5.69 Å². The molecule has 0 saturated carbocycles. The molecule has 1 atom stereocenters. The molecule has 3 N–H and O–H groups in total. The molecule has 0 amide bonds. The van der Waals surface area contributed by atoms with Gasteiger partial charge in [0.1, 0.15) is 0 Å². The van der Waals surface area contributed by atoms with Gasteiger partial charge in [-0.25, -0.2) is 0 Å². The predicted octanol–water partition coefficient (Wildman–Crippen LogP) is 2.88. The van der Waals surface area contributed by atoms with Gasteiger partial charge in [-0.15, -0.1) is 0 Å². The normalized spacial score (nSPS) is 11.9. The number of rotatable bonds is 5. The van der Waals surface area contributed by atoms with Crippen LogP contribution >= 0.6 is 15.9 Å². The van der Waals surface area contributed by atoms with Crippen LogP contribution in [0.2, 0.25) is 0 Å². The SMILES string of the molecule is COC(=O)CN[C@H](c1ccccc1)c1cc(Br)ccc1N. The summed E-state index contributed by atoms with van der Waals surface area (Å²) in [4.78, 5) is 11.4. The van der Waals surface area contributed by atoms with Crippen LogP contribution in [0.1, 0.15) is 17.2 Å². The van der Waals surface area contributed by atoms with E-state index in [1.807, 2.05) is 48.5 Å². The van der Waals surface area contributed by atoms with Gasteiger partial charge in [0.25, 0.3) is 0 Å². The topological polar surface area (TPSA) is 64.3 Å². The van der Waals surface area contributed by atoms with E-state index in [-0.39, 0.29) is 18.6 Å². The van der Waals surface area contributed by atoms with Gasteiger partial charge >= 0.3 is 5.97 Å². The van der Waals surface area contributed by atoms with E-state index in [0.717, 1.165) is 15.6 Å². The lowest BCUT2D eigenvalue weighted by Gasteiger charge is -2.21. The van der Waals surface area contributed by atoms with Gasteiger partial charge in [0.15, 0.2) is 0 Å². The van der Waals surface area contributed by atoms with Gasteiger partial charge in [0.2, 0.25) is 0 Å². The Hall–Kier alpha value is -1.85. The summed E-state index contributed by atoms with van der Waals surface area (Å²) in [6, 6.07) is 15.4. The molecule has 2 aromatic rings. The van der Waals surface area contributed by atoms with Crippen molar-refractivity contribution in [2.75, 3.05) is 19.4 Å². The van der Waals surface area contributed by atoms with Crippen molar-refractivity contribution in [2.45, 2.75) is 6.04 Å². The fraction of sp³-hybridized carbons (Fsp3) is 0.188. The smallest absolute Gasteiger partial charge is 0.319 e. The first-order valence-corrected chi connectivity index (χ1v) is 7.31. The third-order valence-corrected chi connectivity index (χ3v) is 3.66. The summed E-state index contributed by atoms with van der Waals surface area (Å²) in [5.74, 6) is -0.315. The summed E-state index contributed by atoms with van der Waals surface area (Å²) >= 11 is 3.46. The second-order valence-corrected chi connectivity index (χ2v) is 5.49. The molecule has 0 heterocycles. The monoisotopic (exact) mass is 348 g/mol. The maximum absolute atomic E-state index is 11.4. The summed E-state index contributed by atoms with van der Waals surface area (Å²) in [7, 11) is 1.37. The molecule has 0 aliphatic carbocycles. The molecule has 0 aromatic heterocycles. The number of anilines is 1. The number of carbonyl (C=O) groups excluding carboxylic acids is 1. The molecule has 5 heteroatoms. The Morgan fingerprint density at radius 1 is 1.29 bits per heavy atom. The number of hydrogen-bond donors (Lipinski definition) is 2. The van der Waals surface area contributed by atoms with E-state index in [9.17, 15) is 4.79 Å². The molecule has 110 valence electrons. The summed E-state index contributed by atoms with van der Waals surface area (Å²) in [5.41, 5.74) is 8.71. The van der Waals surface area contributed by atoms with Crippen LogP contribution in [0.5, 0.6) is 0 Å². The van der Waals surface area contributed by atoms with E-state index >= 15 is 0 Å². The standard InChI is InChI=1S/C16H17BrN2O2/c1-21-15(20)10-19-16(11-5-3-2-4-6-11)13-9-12(17)7-8-14(13)18/h2-9,16,19H,10,18H2,1H3/t16-/m1/s1. The first-order chi connectivity index (χ1) is 10.1. The zero-order chi connectivity index (χ0) is 15.2. The average molecular weight is 349 g/mol. The molecule has 0 aliphatic heterocycles. The Bertz CT molecular complexity index is 617. The first kappa shape index (κ1) is 15.5. The lowest BCUT2D eigenvalue weighted by molar-refractivity contribution is -0.139. The van der Waals surface area contributed by atoms with Crippen LogP contribution in [0.3, 0.4) is 0 Å². The van der Waals surface area contributed by atoms with Gasteiger partial charge in [0, 0.05) is 10.2 Å². The minimum atomic E-state index is -0.315. The van der Waals surface area contributed by atoms with Crippen molar-refractivity contribution >= 4 is 27.6 Å². The summed E-state index contributed by atoms with van der Waals surface area (Å²) in [6.45, 7) is 0.113. The number of nitrogens with one attached hydrogen (secondary N) is 1. The van der Waals surface area contributed by atoms with E-state index in [4.69, 9.17) is 5.73 Å². The summed E-state index contributed by atoms with van der Waals surface area (Å²) < 4.78 is 5.62. The third-order valence-electron chi connectivity index (χ3n) is 3.17. The van der Waals surface area contributed by atoms with Crippen molar-refractivity contribution in [2.24, 2.45) is 0 Å². The maximum atomic E-state index is 11.4. The van der Waals surface area contributed by atoms with Crippen LogP contribution in [-0.4, -0.2) is 19.6 Å². The lowest BCUT2D eigenvalue weighted by Crippen LogP contribution is -2.29. The van der Waals surface area contributed by atoms with Crippen LogP contribution in [0.15, 0.2) is 53.0 Å². The fourth-order valence-electron chi connectivity index (χ4n) is 2.11. The van der Waals surface area contributed by atoms with Crippen molar-refractivity contribution in [1.82, 2.24) is 5.32 Å². The quantitative estimate of drug-likeness (QED) is 0.644. The number of hydrogen-bond acceptors (Lipinski definition) is 4. The van der Waals surface area contributed by atoms with E-state index in [1.54, 1.807) is 0 Å². The van der Waals surface area contributed by atoms with Crippen LogP contribution < -0.4 is 11.1 Å². The molecule has 0 radical (unpaired) electrons. The number of nitrogen functional groups attached to an aromatic ring is 1. The number of esters is 1. The van der Waals surface area contributed by atoms with Gasteiger partial charge in [-0.3, -0.25) is 10.1 Å². The molecule has 0 saturated heterocycles. The van der Waals surface area contributed by atoms with Gasteiger partial charge in [-0.1, -0.05) is 46.3 Å². The maximum Gasteiger partial charge on any atom is 0.319 e. The number of ether oxygens (including phenoxy) is 1. The van der Waals surface area contributed by atoms with Crippen LogP contribution in [0, 0.1) is 0 Å². The summed E-state index contributed by atoms with van der Waals surface area (Å²) in [6.07, 6.45) is 0. The van der Waals surface area contributed by atoms with Crippen molar-refractivity contribution in [3.05, 3.63) is 64.1 Å². The van der Waals surface area contributed by atoms with Crippen molar-refractivity contribution in [3.8, 4) is 0 Å². The molecule has 0 spiro atoms. The van der Waals surface area contributed by atoms with E-state index in [1.165, 1.54) is 7.11 Å². The van der Waals surface area contributed by atoms with Gasteiger partial charge in [-0.05, 0) is 29.3 Å². The van der Waals surface area contributed by atoms with Gasteiger partial charge in [-0.2, -0.15) is 0 Å². The largest absolute Gasteiger partial charge is 0.468 e. The Kier molecular flexibility index (Phi) is 5.36. The number of halogens is 1. The molecule has 2 aromatic carbocycles. The molecule has 0 bridgehead atoms. The zero-order valence-electron chi connectivity index (χ0n) is 11.7.